The molecule has 4 heteroatoms. The van der Waals surface area contributed by atoms with Crippen LogP contribution in [0.3, 0.4) is 0 Å². The van der Waals surface area contributed by atoms with Crippen molar-refractivity contribution in [1.29, 1.82) is 0 Å². The molecule has 1 aromatic heterocycles. The van der Waals surface area contributed by atoms with E-state index < -0.39 is 0 Å². The molecule has 0 amide bonds. The highest BCUT2D eigenvalue weighted by atomic mass is 16.5. The first-order valence-electron chi connectivity index (χ1n) is 11.4. The maximum absolute atomic E-state index is 11.4. The number of aromatic amines is 1. The Morgan fingerprint density at radius 3 is 2.90 bits per heavy atom. The molecule has 0 bridgehead atoms. The van der Waals surface area contributed by atoms with Crippen molar-refractivity contribution in [2.24, 2.45) is 5.92 Å². The van der Waals surface area contributed by atoms with Crippen LogP contribution in [-0.2, 0) is 22.4 Å². The zero-order valence-corrected chi connectivity index (χ0v) is 18.1. The van der Waals surface area contributed by atoms with E-state index in [1.165, 1.54) is 66.6 Å². The smallest absolute Gasteiger partial charge is 0.330 e. The molecule has 2 aromatic carbocycles. The SMILES string of the molecule is COC(=O)C=Cc1ccc2c(c1)CCC2N(CCc1c[nH]c2ccccc12)CC1CC1. The molecule has 0 spiro atoms. The first-order valence-corrected chi connectivity index (χ1v) is 11.4. The summed E-state index contributed by atoms with van der Waals surface area (Å²) >= 11 is 0. The molecule has 31 heavy (non-hydrogen) atoms. The average molecular weight is 415 g/mol. The van der Waals surface area contributed by atoms with Crippen molar-refractivity contribution in [3.63, 3.8) is 0 Å². The van der Waals surface area contributed by atoms with Crippen LogP contribution in [0.4, 0.5) is 0 Å². The maximum atomic E-state index is 11.4. The van der Waals surface area contributed by atoms with Crippen LogP contribution in [0.1, 0.15) is 47.6 Å². The Bertz CT molecular complexity index is 1110. The number of carbonyl (C=O) groups excluding carboxylic acids is 1. The van der Waals surface area contributed by atoms with Gasteiger partial charge in [0.1, 0.15) is 0 Å². The molecule has 160 valence electrons. The summed E-state index contributed by atoms with van der Waals surface area (Å²) in [6.07, 6.45) is 11.6. The van der Waals surface area contributed by atoms with Gasteiger partial charge in [0.25, 0.3) is 0 Å². The number of hydrogen-bond donors (Lipinski definition) is 1. The van der Waals surface area contributed by atoms with Gasteiger partial charge in [-0.25, -0.2) is 4.79 Å². The van der Waals surface area contributed by atoms with E-state index >= 15 is 0 Å². The van der Waals surface area contributed by atoms with Crippen LogP contribution in [0.2, 0.25) is 0 Å². The minimum absolute atomic E-state index is 0.314. The number of nitrogens with one attached hydrogen (secondary N) is 1. The molecular weight excluding hydrogens is 384 g/mol. The largest absolute Gasteiger partial charge is 0.466 e. The Kier molecular flexibility index (Phi) is 5.65. The van der Waals surface area contributed by atoms with Gasteiger partial charge in [0, 0.05) is 42.3 Å². The van der Waals surface area contributed by atoms with Crippen molar-refractivity contribution in [2.45, 2.75) is 38.1 Å². The standard InChI is InChI=1S/C27H30N2O2/c1-31-27(30)13-9-19-8-11-24-21(16-19)10-12-26(24)29(18-20-6-7-20)15-14-22-17-28-25-5-3-2-4-23(22)25/h2-5,8-9,11,13,16-17,20,26,28H,6-7,10,12,14-15,18H2,1H3. The minimum atomic E-state index is -0.314. The Balaban J connectivity index is 1.33. The molecule has 0 aliphatic heterocycles. The van der Waals surface area contributed by atoms with Crippen LogP contribution in [0.5, 0.6) is 0 Å². The van der Waals surface area contributed by atoms with Crippen LogP contribution in [-0.4, -0.2) is 36.1 Å². The van der Waals surface area contributed by atoms with E-state index in [4.69, 9.17) is 4.74 Å². The van der Waals surface area contributed by atoms with E-state index in [2.05, 4.69) is 58.5 Å². The van der Waals surface area contributed by atoms with E-state index in [0.29, 0.717) is 6.04 Å². The molecular formula is C27H30N2O2. The van der Waals surface area contributed by atoms with E-state index in [1.54, 1.807) is 0 Å². The van der Waals surface area contributed by atoms with Crippen molar-refractivity contribution < 1.29 is 9.53 Å². The highest BCUT2D eigenvalue weighted by Gasteiger charge is 2.32. The number of hydrogen-bond acceptors (Lipinski definition) is 3. The molecule has 1 fully saturated rings. The summed E-state index contributed by atoms with van der Waals surface area (Å²) in [5, 5.41) is 1.35. The van der Waals surface area contributed by atoms with Gasteiger partial charge >= 0.3 is 5.97 Å². The first kappa shape index (κ1) is 20.1. The third kappa shape index (κ3) is 4.45. The number of carbonyl (C=O) groups is 1. The number of H-pyrrole nitrogens is 1. The molecule has 1 saturated carbocycles. The number of methoxy groups -OCH3 is 1. The van der Waals surface area contributed by atoms with E-state index in [1.807, 2.05) is 6.08 Å². The molecule has 1 heterocycles. The molecule has 3 aromatic rings. The lowest BCUT2D eigenvalue weighted by molar-refractivity contribution is -0.134. The van der Waals surface area contributed by atoms with Crippen molar-refractivity contribution in [2.75, 3.05) is 20.2 Å². The molecule has 4 nitrogen and oxygen atoms in total. The number of aryl methyl sites for hydroxylation is 1. The van der Waals surface area contributed by atoms with Gasteiger partial charge in [-0.3, -0.25) is 4.90 Å². The fourth-order valence-corrected chi connectivity index (χ4v) is 4.94. The summed E-state index contributed by atoms with van der Waals surface area (Å²) in [6.45, 7) is 2.29. The lowest BCUT2D eigenvalue weighted by Gasteiger charge is -2.30. The second-order valence-electron chi connectivity index (χ2n) is 8.92. The fourth-order valence-electron chi connectivity index (χ4n) is 4.94. The summed E-state index contributed by atoms with van der Waals surface area (Å²) in [5.74, 6) is 0.556. The van der Waals surface area contributed by atoms with Crippen LogP contribution in [0, 0.1) is 5.92 Å². The first-order chi connectivity index (χ1) is 15.2. The highest BCUT2D eigenvalue weighted by Crippen LogP contribution is 2.39. The zero-order valence-electron chi connectivity index (χ0n) is 18.1. The number of nitrogens with zero attached hydrogens (tertiary/aromatic N) is 1. The molecule has 1 N–H and O–H groups in total. The van der Waals surface area contributed by atoms with Crippen molar-refractivity contribution in [3.8, 4) is 0 Å². The average Bonchev–Trinajstić information content (AvgIpc) is 3.38. The van der Waals surface area contributed by atoms with Gasteiger partial charge in [0.2, 0.25) is 0 Å². The van der Waals surface area contributed by atoms with Crippen molar-refractivity contribution >= 4 is 22.9 Å². The van der Waals surface area contributed by atoms with Gasteiger partial charge in [-0.2, -0.15) is 0 Å². The predicted octanol–water partition coefficient (Wildman–Crippen LogP) is 5.30. The number of rotatable bonds is 8. The quantitative estimate of drug-likeness (QED) is 0.402. The summed E-state index contributed by atoms with van der Waals surface area (Å²) in [5.41, 5.74) is 6.60. The number of aromatic nitrogens is 1. The Morgan fingerprint density at radius 2 is 2.06 bits per heavy atom. The van der Waals surface area contributed by atoms with Crippen LogP contribution in [0.15, 0.2) is 54.7 Å². The summed E-state index contributed by atoms with van der Waals surface area (Å²) in [6, 6.07) is 15.7. The fraction of sp³-hybridized carbons (Fsp3) is 0.370. The monoisotopic (exact) mass is 414 g/mol. The highest BCUT2D eigenvalue weighted by molar-refractivity contribution is 5.87. The summed E-state index contributed by atoms with van der Waals surface area (Å²) in [7, 11) is 1.41. The summed E-state index contributed by atoms with van der Waals surface area (Å²) in [4.78, 5) is 17.6. The minimum Gasteiger partial charge on any atom is -0.466 e. The molecule has 0 radical (unpaired) electrons. The summed E-state index contributed by atoms with van der Waals surface area (Å²) < 4.78 is 4.71. The molecule has 1 atom stereocenters. The van der Waals surface area contributed by atoms with Crippen molar-refractivity contribution in [1.82, 2.24) is 9.88 Å². The van der Waals surface area contributed by atoms with Crippen LogP contribution < -0.4 is 0 Å². The van der Waals surface area contributed by atoms with E-state index in [-0.39, 0.29) is 5.97 Å². The third-order valence-electron chi connectivity index (χ3n) is 6.80. The Hall–Kier alpha value is -2.85. The van der Waals surface area contributed by atoms with Crippen molar-refractivity contribution in [3.05, 3.63) is 77.0 Å². The van der Waals surface area contributed by atoms with E-state index in [0.717, 1.165) is 30.9 Å². The lowest BCUT2D eigenvalue weighted by atomic mass is 10.0. The van der Waals surface area contributed by atoms with Gasteiger partial charge in [0.15, 0.2) is 0 Å². The molecule has 2 aliphatic carbocycles. The second kappa shape index (κ2) is 8.72. The maximum Gasteiger partial charge on any atom is 0.330 e. The lowest BCUT2D eigenvalue weighted by Crippen LogP contribution is -2.31. The Labute approximate surface area is 183 Å². The van der Waals surface area contributed by atoms with Gasteiger partial charge in [0.05, 0.1) is 7.11 Å². The molecule has 1 unspecified atom stereocenters. The number of ether oxygens (including phenoxy) is 1. The number of para-hydroxylation sites is 1. The number of fused-ring (bicyclic) bond motifs is 2. The molecule has 2 aliphatic rings. The van der Waals surface area contributed by atoms with Crippen LogP contribution in [0.25, 0.3) is 17.0 Å². The topological polar surface area (TPSA) is 45.3 Å². The normalized spacial score (nSPS) is 18.2. The predicted molar refractivity (Wildman–Crippen MR) is 125 cm³/mol. The van der Waals surface area contributed by atoms with Crippen LogP contribution >= 0.6 is 0 Å². The van der Waals surface area contributed by atoms with Gasteiger partial charge in [-0.1, -0.05) is 36.4 Å². The molecule has 5 rings (SSSR count). The molecule has 0 saturated heterocycles. The number of esters is 1. The number of benzene rings is 2. The van der Waals surface area contributed by atoms with Gasteiger partial charge in [-0.15, -0.1) is 0 Å². The van der Waals surface area contributed by atoms with E-state index in [9.17, 15) is 4.79 Å². The Morgan fingerprint density at radius 1 is 1.19 bits per heavy atom. The zero-order chi connectivity index (χ0) is 21.2. The second-order valence-corrected chi connectivity index (χ2v) is 8.92. The van der Waals surface area contributed by atoms with Gasteiger partial charge < -0.3 is 9.72 Å². The van der Waals surface area contributed by atoms with Gasteiger partial charge in [-0.05, 0) is 72.4 Å². The third-order valence-corrected chi connectivity index (χ3v) is 6.80.